The summed E-state index contributed by atoms with van der Waals surface area (Å²) >= 11 is 0. The zero-order valence-electron chi connectivity index (χ0n) is 11.7. The van der Waals surface area contributed by atoms with Crippen molar-refractivity contribution in [2.75, 3.05) is 0 Å². The molecule has 2 rings (SSSR count). The Morgan fingerprint density at radius 3 is 2.28 bits per heavy atom. The summed E-state index contributed by atoms with van der Waals surface area (Å²) in [6, 6.07) is 10.7. The van der Waals surface area contributed by atoms with Crippen molar-refractivity contribution in [3.63, 3.8) is 0 Å². The Bertz CT molecular complexity index is 669. The van der Waals surface area contributed by atoms with Gasteiger partial charge in [0, 0.05) is 0 Å². The van der Waals surface area contributed by atoms with E-state index >= 15 is 0 Å². The fourth-order valence-corrected chi connectivity index (χ4v) is 2.96. The first-order valence-corrected chi connectivity index (χ1v) is 6.84. The molecule has 0 unspecified atom stereocenters. The summed E-state index contributed by atoms with van der Waals surface area (Å²) in [5.41, 5.74) is 0.672. The van der Waals surface area contributed by atoms with Crippen molar-refractivity contribution < 1.29 is 44.0 Å². The summed E-state index contributed by atoms with van der Waals surface area (Å²) in [7, 11) is -4.17. The summed E-state index contributed by atoms with van der Waals surface area (Å²) in [5.74, 6) is 0.0259. The SMILES string of the molecule is CC(C)c1c(S(=O)(=O)O)ccc2ccccc12.[H-].[Na+]. The molecule has 0 atom stereocenters. The molecule has 92 valence electrons. The third-order valence-corrected chi connectivity index (χ3v) is 3.70. The van der Waals surface area contributed by atoms with E-state index < -0.39 is 10.1 Å². The van der Waals surface area contributed by atoms with Crippen molar-refractivity contribution >= 4 is 20.9 Å². The predicted octanol–water partition coefficient (Wildman–Crippen LogP) is 0.326. The molecule has 0 heterocycles. The van der Waals surface area contributed by atoms with Gasteiger partial charge >= 0.3 is 29.6 Å². The van der Waals surface area contributed by atoms with Crippen LogP contribution < -0.4 is 29.6 Å². The molecule has 0 aliphatic carbocycles. The van der Waals surface area contributed by atoms with E-state index in [0.717, 1.165) is 10.8 Å². The molecule has 0 saturated heterocycles. The van der Waals surface area contributed by atoms with Gasteiger partial charge in [0.25, 0.3) is 10.1 Å². The monoisotopic (exact) mass is 274 g/mol. The van der Waals surface area contributed by atoms with E-state index in [1.54, 1.807) is 6.07 Å². The fourth-order valence-electron chi connectivity index (χ4n) is 2.10. The standard InChI is InChI=1S/C13H14O3S.Na.H/c1-9(2)13-11-6-4-3-5-10(11)7-8-12(13)17(14,15)16;;/h3-9H,1-2H3,(H,14,15,16);;/q;+1;-1. The van der Waals surface area contributed by atoms with Crippen molar-refractivity contribution in [2.24, 2.45) is 0 Å². The van der Waals surface area contributed by atoms with E-state index in [1.165, 1.54) is 6.07 Å². The van der Waals surface area contributed by atoms with Crippen LogP contribution in [0.1, 0.15) is 26.8 Å². The van der Waals surface area contributed by atoms with Crippen LogP contribution in [0.4, 0.5) is 0 Å². The topological polar surface area (TPSA) is 54.4 Å². The summed E-state index contributed by atoms with van der Waals surface area (Å²) in [4.78, 5) is 0.00574. The first kappa shape index (κ1) is 15.7. The molecule has 0 radical (unpaired) electrons. The average Bonchev–Trinajstić information content (AvgIpc) is 2.26. The zero-order chi connectivity index (χ0) is 12.6. The van der Waals surface area contributed by atoms with Gasteiger partial charge in [-0.05, 0) is 28.3 Å². The minimum atomic E-state index is -4.17. The van der Waals surface area contributed by atoms with Crippen molar-refractivity contribution in [3.05, 3.63) is 42.0 Å². The Balaban J connectivity index is 0.00000162. The zero-order valence-corrected chi connectivity index (χ0v) is 13.5. The minimum absolute atomic E-state index is 0. The van der Waals surface area contributed by atoms with Crippen molar-refractivity contribution in [1.82, 2.24) is 0 Å². The van der Waals surface area contributed by atoms with Crippen LogP contribution in [-0.4, -0.2) is 13.0 Å². The molecule has 0 spiro atoms. The molecule has 18 heavy (non-hydrogen) atoms. The second-order valence-electron chi connectivity index (χ2n) is 4.33. The van der Waals surface area contributed by atoms with Crippen molar-refractivity contribution in [3.8, 4) is 0 Å². The minimum Gasteiger partial charge on any atom is -1.00 e. The third kappa shape index (κ3) is 2.95. The van der Waals surface area contributed by atoms with Crippen molar-refractivity contribution in [2.45, 2.75) is 24.7 Å². The maximum absolute atomic E-state index is 11.4. The van der Waals surface area contributed by atoms with E-state index in [-0.39, 0.29) is 41.8 Å². The maximum Gasteiger partial charge on any atom is 1.00 e. The van der Waals surface area contributed by atoms with Gasteiger partial charge in [0.05, 0.1) is 4.90 Å². The molecular formula is C13H15NaO3S. The van der Waals surface area contributed by atoms with Crippen LogP contribution in [0.15, 0.2) is 41.3 Å². The van der Waals surface area contributed by atoms with Gasteiger partial charge in [-0.25, -0.2) is 0 Å². The normalized spacial score (nSPS) is 11.6. The maximum atomic E-state index is 11.4. The molecule has 0 aromatic heterocycles. The number of hydrogen-bond acceptors (Lipinski definition) is 2. The van der Waals surface area contributed by atoms with Gasteiger partial charge in [-0.1, -0.05) is 44.2 Å². The molecule has 1 N–H and O–H groups in total. The molecular weight excluding hydrogens is 259 g/mol. The molecule has 0 aliphatic heterocycles. The molecule has 0 aliphatic rings. The molecule has 0 amide bonds. The Kier molecular flexibility index (Phi) is 4.98. The number of hydrogen-bond donors (Lipinski definition) is 1. The molecule has 0 bridgehead atoms. The fraction of sp³-hybridized carbons (Fsp3) is 0.231. The summed E-state index contributed by atoms with van der Waals surface area (Å²) in [6.07, 6.45) is 0. The molecule has 3 nitrogen and oxygen atoms in total. The van der Waals surface area contributed by atoms with Gasteiger partial charge in [0.15, 0.2) is 0 Å². The molecule has 2 aromatic rings. The third-order valence-electron chi connectivity index (χ3n) is 2.79. The Hall–Kier alpha value is -0.390. The van der Waals surface area contributed by atoms with Crippen LogP contribution in [0, 0.1) is 0 Å². The van der Waals surface area contributed by atoms with E-state index in [4.69, 9.17) is 0 Å². The second kappa shape index (κ2) is 5.72. The van der Waals surface area contributed by atoms with Crippen LogP contribution >= 0.6 is 0 Å². The van der Waals surface area contributed by atoms with E-state index in [0.29, 0.717) is 5.56 Å². The summed E-state index contributed by atoms with van der Waals surface area (Å²) in [5, 5.41) is 1.85. The Labute approximate surface area is 131 Å². The molecule has 5 heteroatoms. The summed E-state index contributed by atoms with van der Waals surface area (Å²) in [6.45, 7) is 3.83. The predicted molar refractivity (Wildman–Crippen MR) is 69.0 cm³/mol. The first-order valence-electron chi connectivity index (χ1n) is 5.40. The van der Waals surface area contributed by atoms with Crippen LogP contribution in [0.25, 0.3) is 10.8 Å². The number of rotatable bonds is 2. The quantitative estimate of drug-likeness (QED) is 0.634. The van der Waals surface area contributed by atoms with Gasteiger partial charge in [-0.3, -0.25) is 4.55 Å². The molecule has 0 fully saturated rings. The van der Waals surface area contributed by atoms with Crippen molar-refractivity contribution in [1.29, 1.82) is 0 Å². The number of benzene rings is 2. The van der Waals surface area contributed by atoms with Gasteiger partial charge < -0.3 is 1.43 Å². The second-order valence-corrected chi connectivity index (χ2v) is 5.72. The van der Waals surface area contributed by atoms with E-state index in [9.17, 15) is 13.0 Å². The Morgan fingerprint density at radius 2 is 1.72 bits per heavy atom. The van der Waals surface area contributed by atoms with Gasteiger partial charge in [0.1, 0.15) is 0 Å². The van der Waals surface area contributed by atoms with Crippen LogP contribution in [0.3, 0.4) is 0 Å². The Morgan fingerprint density at radius 1 is 1.11 bits per heavy atom. The summed E-state index contributed by atoms with van der Waals surface area (Å²) < 4.78 is 32.0. The van der Waals surface area contributed by atoms with E-state index in [1.807, 2.05) is 38.1 Å². The van der Waals surface area contributed by atoms with Gasteiger partial charge in [-0.15, -0.1) is 0 Å². The first-order chi connectivity index (χ1) is 7.91. The van der Waals surface area contributed by atoms with Gasteiger partial charge in [0.2, 0.25) is 0 Å². The molecule has 0 saturated carbocycles. The van der Waals surface area contributed by atoms with Crippen LogP contribution in [0.2, 0.25) is 0 Å². The average molecular weight is 274 g/mol. The van der Waals surface area contributed by atoms with Crippen LogP contribution in [-0.2, 0) is 10.1 Å². The number of fused-ring (bicyclic) bond motifs is 1. The van der Waals surface area contributed by atoms with Gasteiger partial charge in [-0.2, -0.15) is 8.42 Å². The largest absolute Gasteiger partial charge is 1.00 e. The smallest absolute Gasteiger partial charge is 1.00 e. The van der Waals surface area contributed by atoms with Crippen LogP contribution in [0.5, 0.6) is 0 Å². The molecule has 2 aromatic carbocycles. The van der Waals surface area contributed by atoms with E-state index in [2.05, 4.69) is 0 Å².